The maximum atomic E-state index is 11.7. The Balaban J connectivity index is 2.04. The van der Waals surface area contributed by atoms with Crippen molar-refractivity contribution in [3.63, 3.8) is 0 Å². The number of carbonyl (C=O) groups is 1. The molecular formula is C23H24ClN3O6. The number of hydrogen-bond donors (Lipinski definition) is 2. The molecule has 2 N–H and O–H groups in total. The van der Waals surface area contributed by atoms with E-state index in [4.69, 9.17) is 25.8 Å². The highest BCUT2D eigenvalue weighted by Gasteiger charge is 2.38. The van der Waals surface area contributed by atoms with E-state index in [1.807, 2.05) is 6.07 Å². The summed E-state index contributed by atoms with van der Waals surface area (Å²) in [6, 6.07) is 10.6. The van der Waals surface area contributed by atoms with Crippen LogP contribution in [0.15, 0.2) is 36.4 Å². The van der Waals surface area contributed by atoms with Crippen LogP contribution in [0.3, 0.4) is 0 Å². The highest BCUT2D eigenvalue weighted by molar-refractivity contribution is 6.30. The first-order valence-electron chi connectivity index (χ1n) is 10.2. The number of fused-ring (bicyclic) bond motifs is 3. The zero-order valence-electron chi connectivity index (χ0n) is 18.6. The summed E-state index contributed by atoms with van der Waals surface area (Å²) in [5.74, 6) is 0.392. The molecule has 0 aliphatic carbocycles. The second-order valence-corrected chi connectivity index (χ2v) is 8.60. The molecule has 9 nitrogen and oxygen atoms in total. The van der Waals surface area contributed by atoms with E-state index < -0.39 is 23.8 Å². The molecule has 2 unspecified atom stereocenters. The molecule has 2 aromatic carbocycles. The first kappa shape index (κ1) is 23.0. The summed E-state index contributed by atoms with van der Waals surface area (Å²) in [6.07, 6.45) is -2.11. The molecule has 0 amide bonds. The molecule has 0 radical (unpaired) electrons. The van der Waals surface area contributed by atoms with Gasteiger partial charge in [0.1, 0.15) is 17.8 Å². The van der Waals surface area contributed by atoms with Crippen molar-refractivity contribution in [2.24, 2.45) is 0 Å². The Hall–Kier alpha value is -3.14. The molecule has 0 saturated heterocycles. The molecule has 1 aliphatic heterocycles. The topological polar surface area (TPSA) is 116 Å². The molecule has 33 heavy (non-hydrogen) atoms. The maximum absolute atomic E-state index is 11.7. The van der Waals surface area contributed by atoms with Gasteiger partial charge < -0.3 is 24.4 Å². The van der Waals surface area contributed by atoms with Gasteiger partial charge in [0.25, 0.3) is 0 Å². The second-order valence-electron chi connectivity index (χ2n) is 8.16. The van der Waals surface area contributed by atoms with Crippen LogP contribution in [0.25, 0.3) is 5.69 Å². The third kappa shape index (κ3) is 4.15. The lowest BCUT2D eigenvalue weighted by atomic mass is 9.98. The number of aromatic nitrogens is 3. The average molecular weight is 474 g/mol. The standard InChI is InChI=1S/C23H24ClN3O6/c1-23(2,30)22-26-25-21-17(11-18(28)29)33-19(13-6-5-7-16(31-3)20(13)32-4)14-10-12(24)8-9-15(14)27(21)22/h5-10,17,19,30H,11H2,1-4H3,(H,28,29). The fourth-order valence-corrected chi connectivity index (χ4v) is 4.21. The van der Waals surface area contributed by atoms with Gasteiger partial charge in [-0.05, 0) is 38.1 Å². The summed E-state index contributed by atoms with van der Waals surface area (Å²) in [4.78, 5) is 11.7. The van der Waals surface area contributed by atoms with Crippen LogP contribution in [0.4, 0.5) is 0 Å². The van der Waals surface area contributed by atoms with Crippen LogP contribution in [0.5, 0.6) is 11.5 Å². The lowest BCUT2D eigenvalue weighted by Crippen LogP contribution is -2.23. The number of carboxylic acids is 1. The molecule has 10 heteroatoms. The van der Waals surface area contributed by atoms with Crippen molar-refractivity contribution in [1.29, 1.82) is 0 Å². The predicted octanol–water partition coefficient (Wildman–Crippen LogP) is 3.80. The fraction of sp³-hybridized carbons (Fsp3) is 0.348. The number of rotatable bonds is 6. The van der Waals surface area contributed by atoms with E-state index in [9.17, 15) is 15.0 Å². The van der Waals surface area contributed by atoms with Crippen molar-refractivity contribution in [3.8, 4) is 17.2 Å². The summed E-state index contributed by atoms with van der Waals surface area (Å²) >= 11 is 6.37. The number of aliphatic hydroxyl groups is 1. The predicted molar refractivity (Wildman–Crippen MR) is 119 cm³/mol. The van der Waals surface area contributed by atoms with Gasteiger partial charge >= 0.3 is 5.97 Å². The summed E-state index contributed by atoms with van der Waals surface area (Å²) < 4.78 is 19.1. The number of aliphatic carboxylic acids is 1. The smallest absolute Gasteiger partial charge is 0.306 e. The van der Waals surface area contributed by atoms with Crippen LogP contribution in [0, 0.1) is 0 Å². The van der Waals surface area contributed by atoms with Crippen molar-refractivity contribution in [3.05, 3.63) is 64.2 Å². The van der Waals surface area contributed by atoms with Gasteiger partial charge in [-0.25, -0.2) is 0 Å². The summed E-state index contributed by atoms with van der Waals surface area (Å²) in [6.45, 7) is 3.17. The number of ether oxygens (including phenoxy) is 3. The Morgan fingerprint density at radius 1 is 1.18 bits per heavy atom. The van der Waals surface area contributed by atoms with E-state index in [1.54, 1.807) is 48.7 Å². The summed E-state index contributed by atoms with van der Waals surface area (Å²) in [7, 11) is 3.05. The van der Waals surface area contributed by atoms with E-state index in [1.165, 1.54) is 14.2 Å². The fourth-order valence-electron chi connectivity index (χ4n) is 4.03. The number of nitrogens with zero attached hydrogens (tertiary/aromatic N) is 3. The molecule has 174 valence electrons. The van der Waals surface area contributed by atoms with E-state index in [-0.39, 0.29) is 18.1 Å². The van der Waals surface area contributed by atoms with Gasteiger partial charge in [0.2, 0.25) is 0 Å². The average Bonchev–Trinajstić information content (AvgIpc) is 3.16. The van der Waals surface area contributed by atoms with Crippen LogP contribution < -0.4 is 9.47 Å². The number of carboxylic acid groups (broad SMARTS) is 1. The van der Waals surface area contributed by atoms with Crippen molar-refractivity contribution in [2.75, 3.05) is 14.2 Å². The molecule has 1 aromatic heterocycles. The van der Waals surface area contributed by atoms with Gasteiger partial charge in [0.15, 0.2) is 23.1 Å². The van der Waals surface area contributed by atoms with Crippen LogP contribution in [0.2, 0.25) is 5.02 Å². The first-order valence-corrected chi connectivity index (χ1v) is 10.6. The third-order valence-electron chi connectivity index (χ3n) is 5.41. The Kier molecular flexibility index (Phi) is 6.04. The third-order valence-corrected chi connectivity index (χ3v) is 5.65. The van der Waals surface area contributed by atoms with E-state index >= 15 is 0 Å². The van der Waals surface area contributed by atoms with Crippen molar-refractivity contribution in [2.45, 2.75) is 38.1 Å². The minimum atomic E-state index is -1.36. The lowest BCUT2D eigenvalue weighted by Gasteiger charge is -2.24. The van der Waals surface area contributed by atoms with Crippen LogP contribution >= 0.6 is 11.6 Å². The SMILES string of the molecule is COc1cccc(C2OC(CC(=O)O)c3nnc(C(C)(C)O)n3-c3ccc(Cl)cc32)c1OC. The molecule has 0 bridgehead atoms. The summed E-state index contributed by atoms with van der Waals surface area (Å²) in [5, 5.41) is 29.2. The van der Waals surface area contributed by atoms with Crippen LogP contribution in [-0.2, 0) is 15.1 Å². The Morgan fingerprint density at radius 2 is 1.94 bits per heavy atom. The number of para-hydroxylation sites is 1. The van der Waals surface area contributed by atoms with E-state index in [2.05, 4.69) is 10.2 Å². The number of hydrogen-bond acceptors (Lipinski definition) is 7. The van der Waals surface area contributed by atoms with Gasteiger partial charge in [-0.2, -0.15) is 0 Å². The molecule has 0 saturated carbocycles. The van der Waals surface area contributed by atoms with E-state index in [0.29, 0.717) is 33.3 Å². The first-order chi connectivity index (χ1) is 15.7. The maximum Gasteiger partial charge on any atom is 0.306 e. The monoisotopic (exact) mass is 473 g/mol. The molecule has 0 spiro atoms. The highest BCUT2D eigenvalue weighted by atomic mass is 35.5. The number of benzene rings is 2. The molecule has 3 aromatic rings. The minimum absolute atomic E-state index is 0.248. The molecule has 0 fully saturated rings. The molecule has 2 atom stereocenters. The second kappa shape index (κ2) is 8.66. The molecule has 1 aliphatic rings. The zero-order chi connectivity index (χ0) is 23.9. The number of halogens is 1. The van der Waals surface area contributed by atoms with Gasteiger partial charge in [0.05, 0.1) is 26.3 Å². The van der Waals surface area contributed by atoms with Gasteiger partial charge in [-0.1, -0.05) is 23.7 Å². The molecule has 4 rings (SSSR count). The quantitative estimate of drug-likeness (QED) is 0.555. The highest BCUT2D eigenvalue weighted by Crippen LogP contribution is 2.46. The Labute approximate surface area is 195 Å². The van der Waals surface area contributed by atoms with Crippen molar-refractivity contribution >= 4 is 17.6 Å². The van der Waals surface area contributed by atoms with Crippen LogP contribution in [-0.4, -0.2) is 45.2 Å². The van der Waals surface area contributed by atoms with E-state index in [0.717, 1.165) is 0 Å². The molecular weight excluding hydrogens is 450 g/mol. The normalized spacial score (nSPS) is 17.6. The Morgan fingerprint density at radius 3 is 2.58 bits per heavy atom. The van der Waals surface area contributed by atoms with Gasteiger partial charge in [-0.3, -0.25) is 9.36 Å². The lowest BCUT2D eigenvalue weighted by molar-refractivity contribution is -0.141. The van der Waals surface area contributed by atoms with Gasteiger partial charge in [0, 0.05) is 16.1 Å². The number of methoxy groups -OCH3 is 2. The summed E-state index contributed by atoms with van der Waals surface area (Å²) in [5.41, 5.74) is 0.510. The van der Waals surface area contributed by atoms with Crippen molar-refractivity contribution < 1.29 is 29.2 Å². The molecule has 2 heterocycles. The largest absolute Gasteiger partial charge is 0.493 e. The van der Waals surface area contributed by atoms with Gasteiger partial charge in [-0.15, -0.1) is 10.2 Å². The van der Waals surface area contributed by atoms with Crippen molar-refractivity contribution in [1.82, 2.24) is 14.8 Å². The Bertz CT molecular complexity index is 1200. The zero-order valence-corrected chi connectivity index (χ0v) is 19.3. The van der Waals surface area contributed by atoms with Crippen LogP contribution in [0.1, 0.15) is 55.3 Å². The minimum Gasteiger partial charge on any atom is -0.493 e.